The van der Waals surface area contributed by atoms with Gasteiger partial charge in [-0.25, -0.2) is 0 Å². The highest BCUT2D eigenvalue weighted by Crippen LogP contribution is 2.31. The Balaban J connectivity index is 1.26. The highest BCUT2D eigenvalue weighted by Gasteiger charge is 2.12. The van der Waals surface area contributed by atoms with Crippen molar-refractivity contribution in [1.82, 2.24) is 10.2 Å². The van der Waals surface area contributed by atoms with Crippen molar-refractivity contribution in [2.24, 2.45) is 0 Å². The molecule has 2 heterocycles. The molecule has 0 aliphatic carbocycles. The number of fused-ring (bicyclic) bond motifs is 1. The first-order valence-electron chi connectivity index (χ1n) is 9.92. The van der Waals surface area contributed by atoms with Crippen LogP contribution in [0.2, 0.25) is 0 Å². The van der Waals surface area contributed by atoms with Crippen molar-refractivity contribution in [3.05, 3.63) is 65.2 Å². The molecule has 5 nitrogen and oxygen atoms in total. The van der Waals surface area contributed by atoms with Crippen LogP contribution in [0.3, 0.4) is 0 Å². The van der Waals surface area contributed by atoms with Gasteiger partial charge in [0.05, 0.1) is 0 Å². The summed E-state index contributed by atoms with van der Waals surface area (Å²) in [5, 5.41) is 2.93. The lowest BCUT2D eigenvalue weighted by molar-refractivity contribution is -0.116. The number of benzene rings is 2. The Labute approximate surface area is 165 Å². The summed E-state index contributed by atoms with van der Waals surface area (Å²) < 4.78 is 11.1. The molecule has 2 aliphatic heterocycles. The molecule has 1 fully saturated rings. The molecule has 146 valence electrons. The number of nitrogens with one attached hydrogen (secondary N) is 1. The summed E-state index contributed by atoms with van der Waals surface area (Å²) in [6.07, 6.45) is 5.95. The largest absolute Gasteiger partial charge is 0.486 e. The van der Waals surface area contributed by atoms with E-state index in [1.807, 2.05) is 18.2 Å². The van der Waals surface area contributed by atoms with Gasteiger partial charge in [-0.05, 0) is 60.8 Å². The van der Waals surface area contributed by atoms with E-state index in [0.717, 1.165) is 29.2 Å². The van der Waals surface area contributed by atoms with Crippen molar-refractivity contribution in [2.75, 3.05) is 26.3 Å². The van der Waals surface area contributed by atoms with E-state index in [4.69, 9.17) is 9.47 Å². The van der Waals surface area contributed by atoms with Gasteiger partial charge in [0.15, 0.2) is 11.5 Å². The summed E-state index contributed by atoms with van der Waals surface area (Å²) in [6.45, 7) is 5.07. The number of ether oxygens (including phenoxy) is 2. The Bertz CT molecular complexity index is 839. The Hall–Kier alpha value is -2.79. The van der Waals surface area contributed by atoms with Gasteiger partial charge in [-0.3, -0.25) is 9.69 Å². The van der Waals surface area contributed by atoms with Gasteiger partial charge in [0.25, 0.3) is 0 Å². The molecule has 4 rings (SSSR count). The monoisotopic (exact) mass is 378 g/mol. The van der Waals surface area contributed by atoms with E-state index < -0.39 is 0 Å². The number of carbonyl (C=O) groups excluding carboxylic acids is 1. The SMILES string of the molecule is O=C(/C=C/c1ccc2c(c1)OCCO2)NCc1ccc(CN2CCCC2)cc1. The topological polar surface area (TPSA) is 50.8 Å². The Morgan fingerprint density at radius 1 is 0.964 bits per heavy atom. The summed E-state index contributed by atoms with van der Waals surface area (Å²) in [6, 6.07) is 14.2. The van der Waals surface area contributed by atoms with Gasteiger partial charge in [0.2, 0.25) is 5.91 Å². The average Bonchev–Trinajstić information content (AvgIpc) is 3.24. The van der Waals surface area contributed by atoms with Crippen LogP contribution in [-0.4, -0.2) is 37.1 Å². The first kappa shape index (κ1) is 18.6. The maximum atomic E-state index is 12.1. The first-order chi connectivity index (χ1) is 13.8. The maximum Gasteiger partial charge on any atom is 0.244 e. The third kappa shape index (κ3) is 4.93. The predicted octanol–water partition coefficient (Wildman–Crippen LogP) is 3.38. The fourth-order valence-electron chi connectivity index (χ4n) is 3.55. The second-order valence-electron chi connectivity index (χ2n) is 7.25. The van der Waals surface area contributed by atoms with E-state index in [9.17, 15) is 4.79 Å². The van der Waals surface area contributed by atoms with Crippen molar-refractivity contribution < 1.29 is 14.3 Å². The predicted molar refractivity (Wildman–Crippen MR) is 109 cm³/mol. The quantitative estimate of drug-likeness (QED) is 0.783. The lowest BCUT2D eigenvalue weighted by atomic mass is 10.1. The van der Waals surface area contributed by atoms with E-state index in [2.05, 4.69) is 34.5 Å². The molecule has 5 heteroatoms. The zero-order chi connectivity index (χ0) is 19.2. The molecule has 0 unspecified atom stereocenters. The molecule has 2 aromatic carbocycles. The Morgan fingerprint density at radius 2 is 1.68 bits per heavy atom. The van der Waals surface area contributed by atoms with Crippen LogP contribution >= 0.6 is 0 Å². The Kier molecular flexibility index (Phi) is 5.92. The van der Waals surface area contributed by atoms with Gasteiger partial charge in [0, 0.05) is 19.2 Å². The molecule has 1 saturated heterocycles. The molecule has 0 spiro atoms. The van der Waals surface area contributed by atoms with Crippen LogP contribution in [0.4, 0.5) is 0 Å². The number of carbonyl (C=O) groups is 1. The second kappa shape index (κ2) is 8.93. The maximum absolute atomic E-state index is 12.1. The number of likely N-dealkylation sites (tertiary alicyclic amines) is 1. The summed E-state index contributed by atoms with van der Waals surface area (Å²) in [7, 11) is 0. The molecule has 2 aliphatic rings. The number of rotatable bonds is 6. The van der Waals surface area contributed by atoms with Crippen LogP contribution < -0.4 is 14.8 Å². The molecule has 0 atom stereocenters. The van der Waals surface area contributed by atoms with Crippen molar-refractivity contribution in [1.29, 1.82) is 0 Å². The van der Waals surface area contributed by atoms with Crippen LogP contribution in [0.1, 0.15) is 29.5 Å². The average molecular weight is 378 g/mol. The summed E-state index contributed by atoms with van der Waals surface area (Å²) in [4.78, 5) is 14.6. The molecule has 0 bridgehead atoms. The summed E-state index contributed by atoms with van der Waals surface area (Å²) >= 11 is 0. The van der Waals surface area contributed by atoms with Crippen LogP contribution in [0, 0.1) is 0 Å². The van der Waals surface area contributed by atoms with Gasteiger partial charge < -0.3 is 14.8 Å². The van der Waals surface area contributed by atoms with E-state index in [-0.39, 0.29) is 5.91 Å². The van der Waals surface area contributed by atoms with E-state index in [0.29, 0.717) is 19.8 Å². The Morgan fingerprint density at radius 3 is 2.46 bits per heavy atom. The number of amides is 1. The molecule has 0 aromatic heterocycles. The fourth-order valence-corrected chi connectivity index (χ4v) is 3.55. The molecule has 28 heavy (non-hydrogen) atoms. The van der Waals surface area contributed by atoms with Crippen molar-refractivity contribution in [3.63, 3.8) is 0 Å². The van der Waals surface area contributed by atoms with Gasteiger partial charge in [-0.1, -0.05) is 30.3 Å². The van der Waals surface area contributed by atoms with Gasteiger partial charge in [-0.15, -0.1) is 0 Å². The third-order valence-corrected chi connectivity index (χ3v) is 5.09. The standard InChI is InChI=1S/C23H26N2O3/c26-23(10-8-18-7-9-21-22(15-18)28-14-13-27-21)24-16-19-3-5-20(6-4-19)17-25-11-1-2-12-25/h3-10,15H,1-2,11-14,16-17H2,(H,24,26)/b10-8+. The lowest BCUT2D eigenvalue weighted by Gasteiger charge is -2.18. The molecule has 1 N–H and O–H groups in total. The normalized spacial score (nSPS) is 16.4. The van der Waals surface area contributed by atoms with Crippen molar-refractivity contribution >= 4 is 12.0 Å². The van der Waals surface area contributed by atoms with E-state index in [1.165, 1.54) is 31.5 Å². The second-order valence-corrected chi connectivity index (χ2v) is 7.25. The highest BCUT2D eigenvalue weighted by atomic mass is 16.6. The fraction of sp³-hybridized carbons (Fsp3) is 0.348. The van der Waals surface area contributed by atoms with E-state index >= 15 is 0 Å². The van der Waals surface area contributed by atoms with Gasteiger partial charge in [0.1, 0.15) is 13.2 Å². The summed E-state index contributed by atoms with van der Waals surface area (Å²) in [5.41, 5.74) is 3.34. The van der Waals surface area contributed by atoms with E-state index in [1.54, 1.807) is 12.2 Å². The molecular weight excluding hydrogens is 352 g/mol. The zero-order valence-corrected chi connectivity index (χ0v) is 16.0. The number of hydrogen-bond donors (Lipinski definition) is 1. The first-order valence-corrected chi connectivity index (χ1v) is 9.92. The van der Waals surface area contributed by atoms with Crippen molar-refractivity contribution in [2.45, 2.75) is 25.9 Å². The molecular formula is C23H26N2O3. The van der Waals surface area contributed by atoms with Gasteiger partial charge >= 0.3 is 0 Å². The van der Waals surface area contributed by atoms with Crippen LogP contribution in [0.5, 0.6) is 11.5 Å². The number of nitrogens with zero attached hydrogens (tertiary/aromatic N) is 1. The van der Waals surface area contributed by atoms with Crippen LogP contribution in [0.25, 0.3) is 6.08 Å². The van der Waals surface area contributed by atoms with Crippen LogP contribution in [0.15, 0.2) is 48.5 Å². The van der Waals surface area contributed by atoms with Crippen molar-refractivity contribution in [3.8, 4) is 11.5 Å². The minimum absolute atomic E-state index is 0.115. The molecule has 0 saturated carbocycles. The minimum atomic E-state index is -0.115. The minimum Gasteiger partial charge on any atom is -0.486 e. The summed E-state index contributed by atoms with van der Waals surface area (Å²) in [5.74, 6) is 1.36. The lowest BCUT2D eigenvalue weighted by Crippen LogP contribution is -2.20. The third-order valence-electron chi connectivity index (χ3n) is 5.09. The van der Waals surface area contributed by atoms with Crippen LogP contribution in [-0.2, 0) is 17.9 Å². The smallest absolute Gasteiger partial charge is 0.244 e. The molecule has 0 radical (unpaired) electrons. The number of hydrogen-bond acceptors (Lipinski definition) is 4. The molecule has 1 amide bonds. The zero-order valence-electron chi connectivity index (χ0n) is 16.0. The van der Waals surface area contributed by atoms with Gasteiger partial charge in [-0.2, -0.15) is 0 Å². The molecule has 2 aromatic rings. The highest BCUT2D eigenvalue weighted by molar-refractivity contribution is 5.91.